The number of sulfonamides is 1. The van der Waals surface area contributed by atoms with Crippen molar-refractivity contribution in [3.8, 4) is 0 Å². The zero-order valence-electron chi connectivity index (χ0n) is 13.8. The van der Waals surface area contributed by atoms with Crippen molar-refractivity contribution in [1.82, 2.24) is 14.2 Å². The summed E-state index contributed by atoms with van der Waals surface area (Å²) in [4.78, 5) is 35.6. The van der Waals surface area contributed by atoms with Crippen LogP contribution in [-0.2, 0) is 21.4 Å². The number of imide groups is 1. The second-order valence-electron chi connectivity index (χ2n) is 5.80. The third-order valence-corrected chi connectivity index (χ3v) is 5.85. The number of carbonyl (C=O) groups is 2. The maximum absolute atomic E-state index is 12.6. The van der Waals surface area contributed by atoms with Crippen LogP contribution in [0.25, 0.3) is 0 Å². The van der Waals surface area contributed by atoms with Gasteiger partial charge in [0.25, 0.3) is 11.5 Å². The normalized spacial score (nSPS) is 15.1. The fourth-order valence-electron chi connectivity index (χ4n) is 2.65. The summed E-state index contributed by atoms with van der Waals surface area (Å²) >= 11 is 0. The lowest BCUT2D eigenvalue weighted by Gasteiger charge is -2.16. The quantitative estimate of drug-likeness (QED) is 0.792. The minimum atomic E-state index is -3.71. The van der Waals surface area contributed by atoms with Gasteiger partial charge in [-0.2, -0.15) is 4.31 Å². The van der Waals surface area contributed by atoms with Gasteiger partial charge in [-0.1, -0.05) is 0 Å². The average Bonchev–Trinajstić information content (AvgIpc) is 3.30. The summed E-state index contributed by atoms with van der Waals surface area (Å²) in [6.07, 6.45) is 3.98. The fourth-order valence-corrected chi connectivity index (χ4v) is 4.19. The Labute approximate surface area is 149 Å². The number of nitrogens with zero attached hydrogens (tertiary/aromatic N) is 2. The van der Waals surface area contributed by atoms with Crippen LogP contribution < -0.4 is 10.9 Å². The smallest absolute Gasteiger partial charge is 0.293 e. The Balaban J connectivity index is 1.76. The Hall–Kier alpha value is -2.72. The van der Waals surface area contributed by atoms with E-state index in [2.05, 4.69) is 5.32 Å². The Morgan fingerprint density at radius 2 is 1.88 bits per heavy atom. The van der Waals surface area contributed by atoms with E-state index in [0.29, 0.717) is 13.1 Å². The number of rotatable bonds is 5. The minimum Gasteiger partial charge on any atom is -0.459 e. The summed E-state index contributed by atoms with van der Waals surface area (Å²) in [7, 11) is -3.71. The lowest BCUT2D eigenvalue weighted by molar-refractivity contribution is -0.120. The van der Waals surface area contributed by atoms with Crippen molar-refractivity contribution in [1.29, 1.82) is 0 Å². The van der Waals surface area contributed by atoms with E-state index in [9.17, 15) is 22.8 Å². The van der Waals surface area contributed by atoms with Crippen LogP contribution in [0.3, 0.4) is 0 Å². The number of hydrogen-bond donors (Lipinski definition) is 1. The molecule has 1 saturated heterocycles. The van der Waals surface area contributed by atoms with E-state index in [1.54, 1.807) is 0 Å². The van der Waals surface area contributed by atoms with Crippen LogP contribution in [-0.4, -0.2) is 42.2 Å². The van der Waals surface area contributed by atoms with E-state index in [-0.39, 0.29) is 10.7 Å². The first-order valence-electron chi connectivity index (χ1n) is 7.96. The van der Waals surface area contributed by atoms with Gasteiger partial charge in [-0.05, 0) is 31.0 Å². The van der Waals surface area contributed by atoms with Crippen LogP contribution >= 0.6 is 0 Å². The number of furan rings is 1. The molecule has 3 rings (SSSR count). The molecule has 3 heterocycles. The molecule has 0 aliphatic carbocycles. The summed E-state index contributed by atoms with van der Waals surface area (Å²) in [5.41, 5.74) is -0.550. The van der Waals surface area contributed by atoms with Crippen LogP contribution in [0.2, 0.25) is 0 Å². The lowest BCUT2D eigenvalue weighted by atomic mass is 10.4. The van der Waals surface area contributed by atoms with Gasteiger partial charge >= 0.3 is 0 Å². The first kappa shape index (κ1) is 18.1. The maximum atomic E-state index is 12.6. The third-order valence-electron chi connectivity index (χ3n) is 3.97. The molecule has 10 heteroatoms. The molecule has 0 spiro atoms. The highest BCUT2D eigenvalue weighted by molar-refractivity contribution is 7.89. The SMILES string of the molecule is O=C(Cn1cc(S(=O)(=O)N2CCCC2)ccc1=O)NC(=O)c1ccco1. The molecule has 0 saturated carbocycles. The number of amides is 2. The number of pyridine rings is 1. The summed E-state index contributed by atoms with van der Waals surface area (Å²) in [5.74, 6) is -1.55. The molecule has 9 nitrogen and oxygen atoms in total. The zero-order valence-corrected chi connectivity index (χ0v) is 14.6. The number of hydrogen-bond acceptors (Lipinski definition) is 6. The van der Waals surface area contributed by atoms with E-state index < -0.39 is 33.9 Å². The number of aromatic nitrogens is 1. The average molecular weight is 379 g/mol. The lowest BCUT2D eigenvalue weighted by Crippen LogP contribution is -2.36. The van der Waals surface area contributed by atoms with Crippen LogP contribution in [0.15, 0.2) is 50.8 Å². The molecular weight excluding hydrogens is 362 g/mol. The molecule has 0 atom stereocenters. The molecular formula is C16H17N3O6S. The van der Waals surface area contributed by atoms with Gasteiger partial charge in [0.05, 0.1) is 11.2 Å². The molecule has 26 heavy (non-hydrogen) atoms. The molecule has 1 fully saturated rings. The first-order valence-corrected chi connectivity index (χ1v) is 9.40. The van der Waals surface area contributed by atoms with Crippen molar-refractivity contribution in [2.75, 3.05) is 13.1 Å². The van der Waals surface area contributed by atoms with Gasteiger partial charge in [0.1, 0.15) is 6.54 Å². The molecule has 0 aromatic carbocycles. The molecule has 2 aromatic rings. The number of carbonyl (C=O) groups excluding carboxylic acids is 2. The van der Waals surface area contributed by atoms with E-state index in [4.69, 9.17) is 4.42 Å². The highest BCUT2D eigenvalue weighted by Gasteiger charge is 2.27. The van der Waals surface area contributed by atoms with Gasteiger partial charge in [-0.3, -0.25) is 19.7 Å². The predicted molar refractivity (Wildman–Crippen MR) is 89.9 cm³/mol. The van der Waals surface area contributed by atoms with Crippen molar-refractivity contribution >= 4 is 21.8 Å². The van der Waals surface area contributed by atoms with E-state index >= 15 is 0 Å². The second kappa shape index (κ2) is 7.26. The monoisotopic (exact) mass is 379 g/mol. The van der Waals surface area contributed by atoms with Gasteiger partial charge in [0.15, 0.2) is 5.76 Å². The van der Waals surface area contributed by atoms with Crippen molar-refractivity contribution in [3.05, 3.63) is 52.8 Å². The topological polar surface area (TPSA) is 119 Å². The standard InChI is InChI=1S/C16H17N3O6S/c20-14(17-16(22)13-4-3-9-25-13)11-18-10-12(5-6-15(18)21)26(23,24)19-7-1-2-8-19/h3-6,9-10H,1-2,7-8,11H2,(H,17,20,22). The molecule has 0 radical (unpaired) electrons. The highest BCUT2D eigenvalue weighted by atomic mass is 32.2. The fraction of sp³-hybridized carbons (Fsp3) is 0.312. The van der Waals surface area contributed by atoms with Crippen LogP contribution in [0.1, 0.15) is 23.4 Å². The summed E-state index contributed by atoms with van der Waals surface area (Å²) < 4.78 is 32.3. The van der Waals surface area contributed by atoms with Gasteiger partial charge in [0, 0.05) is 25.4 Å². The van der Waals surface area contributed by atoms with Crippen molar-refractivity contribution in [3.63, 3.8) is 0 Å². The molecule has 0 unspecified atom stereocenters. The van der Waals surface area contributed by atoms with E-state index in [0.717, 1.165) is 29.7 Å². The van der Waals surface area contributed by atoms with Crippen LogP contribution in [0.5, 0.6) is 0 Å². The molecule has 1 aliphatic rings. The third kappa shape index (κ3) is 3.75. The zero-order chi connectivity index (χ0) is 18.7. The Bertz CT molecular complexity index is 972. The van der Waals surface area contributed by atoms with Gasteiger partial charge < -0.3 is 8.98 Å². The molecule has 1 aliphatic heterocycles. The molecule has 0 bridgehead atoms. The van der Waals surface area contributed by atoms with Crippen molar-refractivity contribution < 1.29 is 22.4 Å². The Morgan fingerprint density at radius 1 is 1.15 bits per heavy atom. The van der Waals surface area contributed by atoms with Gasteiger partial charge in [-0.25, -0.2) is 8.42 Å². The summed E-state index contributed by atoms with van der Waals surface area (Å²) in [6, 6.07) is 5.19. The number of nitrogens with one attached hydrogen (secondary N) is 1. The Kier molecular flexibility index (Phi) is 5.05. The summed E-state index contributed by atoms with van der Waals surface area (Å²) in [5, 5.41) is 2.08. The summed E-state index contributed by atoms with van der Waals surface area (Å²) in [6.45, 7) is 0.369. The van der Waals surface area contributed by atoms with Gasteiger partial charge in [-0.15, -0.1) is 0 Å². The van der Waals surface area contributed by atoms with Gasteiger partial charge in [0.2, 0.25) is 15.9 Å². The molecule has 2 aromatic heterocycles. The Morgan fingerprint density at radius 3 is 2.54 bits per heavy atom. The first-order chi connectivity index (χ1) is 12.4. The highest BCUT2D eigenvalue weighted by Crippen LogP contribution is 2.19. The molecule has 1 N–H and O–H groups in total. The van der Waals surface area contributed by atoms with Crippen molar-refractivity contribution in [2.45, 2.75) is 24.3 Å². The van der Waals surface area contributed by atoms with E-state index in [1.807, 2.05) is 0 Å². The largest absolute Gasteiger partial charge is 0.459 e. The molecule has 138 valence electrons. The van der Waals surface area contributed by atoms with E-state index in [1.165, 1.54) is 28.8 Å². The minimum absolute atomic E-state index is 0.0453. The van der Waals surface area contributed by atoms with Crippen LogP contribution in [0, 0.1) is 0 Å². The second-order valence-corrected chi connectivity index (χ2v) is 7.73. The van der Waals surface area contributed by atoms with Crippen molar-refractivity contribution in [2.24, 2.45) is 0 Å². The maximum Gasteiger partial charge on any atom is 0.293 e. The van der Waals surface area contributed by atoms with Crippen LogP contribution in [0.4, 0.5) is 0 Å². The predicted octanol–water partition coefficient (Wildman–Crippen LogP) is 0.182. The molecule has 2 amide bonds.